The van der Waals surface area contributed by atoms with Crippen LogP contribution in [0, 0.1) is 6.92 Å². The highest BCUT2D eigenvalue weighted by Gasteiger charge is 2.09. The van der Waals surface area contributed by atoms with Crippen molar-refractivity contribution in [1.82, 2.24) is 4.90 Å². The molecule has 0 unspecified atom stereocenters. The number of benzene rings is 2. The fourth-order valence-electron chi connectivity index (χ4n) is 2.28. The number of methoxy groups -OCH3 is 1. The molecule has 0 saturated carbocycles. The van der Waals surface area contributed by atoms with Gasteiger partial charge in [-0.15, -0.1) is 0 Å². The third kappa shape index (κ3) is 4.09. The number of nitrogens with zero attached hydrogens (tertiary/aromatic N) is 1. The molecule has 2 rings (SSSR count). The van der Waals surface area contributed by atoms with E-state index in [-0.39, 0.29) is 5.91 Å². The zero-order chi connectivity index (χ0) is 16.1. The van der Waals surface area contributed by atoms with E-state index < -0.39 is 0 Å². The summed E-state index contributed by atoms with van der Waals surface area (Å²) in [4.78, 5) is 14.4. The van der Waals surface area contributed by atoms with Crippen molar-refractivity contribution in [3.05, 3.63) is 59.2 Å². The number of aryl methyl sites for hydroxylation is 1. The molecule has 0 aromatic heterocycles. The van der Waals surface area contributed by atoms with E-state index in [2.05, 4.69) is 10.2 Å². The molecule has 0 aliphatic heterocycles. The van der Waals surface area contributed by atoms with Crippen molar-refractivity contribution in [3.63, 3.8) is 0 Å². The molecule has 0 spiro atoms. The minimum Gasteiger partial charge on any atom is -0.496 e. The monoisotopic (exact) mass is 298 g/mol. The summed E-state index contributed by atoms with van der Waals surface area (Å²) in [5, 5.41) is 2.93. The topological polar surface area (TPSA) is 41.6 Å². The molecule has 2 aromatic carbocycles. The van der Waals surface area contributed by atoms with Gasteiger partial charge in [0.05, 0.1) is 7.11 Å². The molecule has 4 nitrogen and oxygen atoms in total. The number of amides is 1. The van der Waals surface area contributed by atoms with Gasteiger partial charge in [0.1, 0.15) is 5.75 Å². The van der Waals surface area contributed by atoms with Gasteiger partial charge in [0.15, 0.2) is 0 Å². The van der Waals surface area contributed by atoms with Crippen LogP contribution in [0.2, 0.25) is 0 Å². The first kappa shape index (κ1) is 16.0. The highest BCUT2D eigenvalue weighted by molar-refractivity contribution is 6.04. The summed E-state index contributed by atoms with van der Waals surface area (Å²) >= 11 is 0. The van der Waals surface area contributed by atoms with Crippen LogP contribution in [-0.2, 0) is 6.54 Å². The van der Waals surface area contributed by atoms with Gasteiger partial charge >= 0.3 is 0 Å². The molecule has 4 heteroatoms. The van der Waals surface area contributed by atoms with E-state index in [1.165, 1.54) is 0 Å². The predicted molar refractivity (Wildman–Crippen MR) is 89.5 cm³/mol. The van der Waals surface area contributed by atoms with Crippen LogP contribution < -0.4 is 10.1 Å². The first-order chi connectivity index (χ1) is 10.5. The summed E-state index contributed by atoms with van der Waals surface area (Å²) in [6, 6.07) is 13.3. The summed E-state index contributed by atoms with van der Waals surface area (Å²) in [7, 11) is 5.64. The summed E-state index contributed by atoms with van der Waals surface area (Å²) in [5.74, 6) is 0.578. The number of nitrogens with one attached hydrogen (secondary N) is 1. The number of ether oxygens (including phenoxy) is 1. The molecule has 0 aliphatic carbocycles. The van der Waals surface area contributed by atoms with E-state index >= 15 is 0 Å². The number of carbonyl (C=O) groups excluding carboxylic acids is 1. The molecule has 0 fully saturated rings. The third-order valence-corrected chi connectivity index (χ3v) is 3.35. The van der Waals surface area contributed by atoms with Gasteiger partial charge in [0, 0.05) is 17.8 Å². The lowest BCUT2D eigenvalue weighted by Crippen LogP contribution is -2.13. The van der Waals surface area contributed by atoms with Crippen molar-refractivity contribution in [1.29, 1.82) is 0 Å². The molecule has 1 N–H and O–H groups in total. The van der Waals surface area contributed by atoms with Gasteiger partial charge in [-0.05, 0) is 56.4 Å². The van der Waals surface area contributed by atoms with Crippen molar-refractivity contribution in [3.8, 4) is 5.75 Å². The zero-order valence-electron chi connectivity index (χ0n) is 13.5. The molecule has 0 heterocycles. The maximum Gasteiger partial charge on any atom is 0.255 e. The van der Waals surface area contributed by atoms with Crippen LogP contribution >= 0.6 is 0 Å². The van der Waals surface area contributed by atoms with Crippen LogP contribution in [0.3, 0.4) is 0 Å². The standard InChI is InChI=1S/C18H22N2O2/c1-13-8-9-15(11-17(13)22-4)18(21)19-16-7-5-6-14(10-16)12-20(2)3/h5-11H,12H2,1-4H3,(H,19,21). The Kier molecular flexibility index (Phi) is 5.17. The van der Waals surface area contributed by atoms with Crippen LogP contribution in [0.15, 0.2) is 42.5 Å². The Balaban J connectivity index is 2.15. The lowest BCUT2D eigenvalue weighted by molar-refractivity contribution is 0.102. The Morgan fingerprint density at radius 1 is 1.18 bits per heavy atom. The quantitative estimate of drug-likeness (QED) is 0.920. The van der Waals surface area contributed by atoms with Gasteiger partial charge in [-0.25, -0.2) is 0 Å². The minimum atomic E-state index is -0.139. The van der Waals surface area contributed by atoms with E-state index in [0.29, 0.717) is 11.3 Å². The molecule has 0 saturated heterocycles. The summed E-state index contributed by atoms with van der Waals surface area (Å²) in [5.41, 5.74) is 3.54. The van der Waals surface area contributed by atoms with Gasteiger partial charge in [-0.2, -0.15) is 0 Å². The zero-order valence-corrected chi connectivity index (χ0v) is 13.5. The van der Waals surface area contributed by atoms with E-state index in [9.17, 15) is 4.79 Å². The molecule has 0 radical (unpaired) electrons. The van der Waals surface area contributed by atoms with Gasteiger partial charge in [-0.3, -0.25) is 4.79 Å². The van der Waals surface area contributed by atoms with Gasteiger partial charge < -0.3 is 15.0 Å². The van der Waals surface area contributed by atoms with Crippen LogP contribution in [-0.4, -0.2) is 32.0 Å². The molecule has 116 valence electrons. The smallest absolute Gasteiger partial charge is 0.255 e. The molecule has 22 heavy (non-hydrogen) atoms. The second-order valence-electron chi connectivity index (χ2n) is 5.58. The van der Waals surface area contributed by atoms with Crippen molar-refractivity contribution < 1.29 is 9.53 Å². The number of hydrogen-bond donors (Lipinski definition) is 1. The Bertz CT molecular complexity index is 666. The maximum atomic E-state index is 12.3. The van der Waals surface area contributed by atoms with Crippen molar-refractivity contribution >= 4 is 11.6 Å². The number of anilines is 1. The van der Waals surface area contributed by atoms with Gasteiger partial charge in [0.2, 0.25) is 0 Å². The second kappa shape index (κ2) is 7.09. The van der Waals surface area contributed by atoms with E-state index in [1.807, 2.05) is 51.4 Å². The lowest BCUT2D eigenvalue weighted by Gasteiger charge is -2.12. The minimum absolute atomic E-state index is 0.139. The predicted octanol–water partition coefficient (Wildman–Crippen LogP) is 3.32. The summed E-state index contributed by atoms with van der Waals surface area (Å²) in [6.45, 7) is 2.79. The number of rotatable bonds is 5. The van der Waals surface area contributed by atoms with Gasteiger partial charge in [0.25, 0.3) is 5.91 Å². The van der Waals surface area contributed by atoms with Crippen molar-refractivity contribution in [2.45, 2.75) is 13.5 Å². The SMILES string of the molecule is COc1cc(C(=O)Nc2cccc(CN(C)C)c2)ccc1C. The average molecular weight is 298 g/mol. The second-order valence-corrected chi connectivity index (χ2v) is 5.58. The first-order valence-electron chi connectivity index (χ1n) is 7.19. The largest absolute Gasteiger partial charge is 0.496 e. The van der Waals surface area contributed by atoms with Crippen molar-refractivity contribution in [2.75, 3.05) is 26.5 Å². The fraction of sp³-hybridized carbons (Fsp3) is 0.278. The van der Waals surface area contributed by atoms with Crippen LogP contribution in [0.25, 0.3) is 0 Å². The lowest BCUT2D eigenvalue weighted by atomic mass is 10.1. The molecular formula is C18H22N2O2. The van der Waals surface area contributed by atoms with E-state index in [1.54, 1.807) is 19.2 Å². The Labute approximate surface area is 131 Å². The summed E-state index contributed by atoms with van der Waals surface area (Å²) in [6.07, 6.45) is 0. The van der Waals surface area contributed by atoms with Crippen molar-refractivity contribution in [2.24, 2.45) is 0 Å². The fourth-order valence-corrected chi connectivity index (χ4v) is 2.28. The third-order valence-electron chi connectivity index (χ3n) is 3.35. The molecule has 2 aromatic rings. The number of carbonyl (C=O) groups is 1. The Hall–Kier alpha value is -2.33. The molecule has 1 amide bonds. The molecule has 0 bridgehead atoms. The maximum absolute atomic E-state index is 12.3. The van der Waals surface area contributed by atoms with Crippen LogP contribution in [0.4, 0.5) is 5.69 Å². The highest BCUT2D eigenvalue weighted by Crippen LogP contribution is 2.20. The molecular weight excluding hydrogens is 276 g/mol. The number of hydrogen-bond acceptors (Lipinski definition) is 3. The van der Waals surface area contributed by atoms with E-state index in [4.69, 9.17) is 4.74 Å². The Morgan fingerprint density at radius 2 is 1.95 bits per heavy atom. The summed E-state index contributed by atoms with van der Waals surface area (Å²) < 4.78 is 5.26. The first-order valence-corrected chi connectivity index (χ1v) is 7.19. The highest BCUT2D eigenvalue weighted by atomic mass is 16.5. The Morgan fingerprint density at radius 3 is 2.64 bits per heavy atom. The van der Waals surface area contributed by atoms with Crippen LogP contribution in [0.1, 0.15) is 21.5 Å². The average Bonchev–Trinajstić information content (AvgIpc) is 2.47. The molecule has 0 aliphatic rings. The van der Waals surface area contributed by atoms with Crippen LogP contribution in [0.5, 0.6) is 5.75 Å². The molecule has 0 atom stereocenters. The van der Waals surface area contributed by atoms with Gasteiger partial charge in [-0.1, -0.05) is 18.2 Å². The van der Waals surface area contributed by atoms with E-state index in [0.717, 1.165) is 23.4 Å². The normalized spacial score (nSPS) is 10.6.